The molecule has 0 bridgehead atoms. The van der Waals surface area contributed by atoms with Gasteiger partial charge >= 0.3 is 5.69 Å². The number of H-pyrrole nitrogens is 1. The van der Waals surface area contributed by atoms with Crippen LogP contribution in [0.2, 0.25) is 0 Å². The normalized spacial score (nSPS) is 22.4. The fourth-order valence-corrected chi connectivity index (χ4v) is 2.53. The second-order valence-electron chi connectivity index (χ2n) is 5.00. The van der Waals surface area contributed by atoms with Gasteiger partial charge in [0.25, 0.3) is 0 Å². The summed E-state index contributed by atoms with van der Waals surface area (Å²) in [5.74, 6) is 1.81. The van der Waals surface area contributed by atoms with Crippen LogP contribution in [0.1, 0.15) is 18.7 Å². The van der Waals surface area contributed by atoms with E-state index in [-0.39, 0.29) is 11.8 Å². The van der Waals surface area contributed by atoms with Crippen molar-refractivity contribution in [1.29, 1.82) is 0 Å². The van der Waals surface area contributed by atoms with Crippen LogP contribution < -0.4 is 15.7 Å². The first-order valence-corrected chi connectivity index (χ1v) is 6.43. The predicted molar refractivity (Wildman–Crippen MR) is 69.4 cm³/mol. The van der Waals surface area contributed by atoms with Gasteiger partial charge in [-0.1, -0.05) is 0 Å². The minimum absolute atomic E-state index is 0.221. The molecule has 1 aliphatic carbocycles. The Balaban J connectivity index is 1.74. The first-order valence-electron chi connectivity index (χ1n) is 6.43. The zero-order valence-electron chi connectivity index (χ0n) is 11.0. The Kier molecular flexibility index (Phi) is 2.98. The highest BCUT2D eigenvalue weighted by Crippen LogP contribution is 2.30. The summed E-state index contributed by atoms with van der Waals surface area (Å²) >= 11 is 0. The number of rotatable bonds is 4. The largest absolute Gasteiger partial charge is 0.474 e. The molecule has 1 fully saturated rings. The summed E-state index contributed by atoms with van der Waals surface area (Å²) in [6.07, 6.45) is 2.30. The van der Waals surface area contributed by atoms with E-state index in [1.807, 2.05) is 7.05 Å². The Bertz CT molecular complexity index is 641. The summed E-state index contributed by atoms with van der Waals surface area (Å²) in [4.78, 5) is 15.8. The topological polar surface area (TPSA) is 84.3 Å². The van der Waals surface area contributed by atoms with Crippen molar-refractivity contribution >= 4 is 5.65 Å². The molecule has 1 aliphatic rings. The van der Waals surface area contributed by atoms with Crippen molar-refractivity contribution in [2.75, 3.05) is 13.6 Å². The molecule has 0 unspecified atom stereocenters. The molecule has 0 atom stereocenters. The summed E-state index contributed by atoms with van der Waals surface area (Å²) < 4.78 is 7.24. The van der Waals surface area contributed by atoms with Crippen LogP contribution in [0.25, 0.3) is 5.65 Å². The minimum atomic E-state index is -0.274. The quantitative estimate of drug-likeness (QED) is 0.817. The van der Waals surface area contributed by atoms with Crippen molar-refractivity contribution < 1.29 is 4.74 Å². The van der Waals surface area contributed by atoms with Crippen LogP contribution in [0.15, 0.2) is 10.9 Å². The second kappa shape index (κ2) is 4.65. The molecule has 2 aromatic rings. The van der Waals surface area contributed by atoms with Crippen LogP contribution in [0.3, 0.4) is 0 Å². The number of aromatic nitrogens is 4. The fourth-order valence-electron chi connectivity index (χ4n) is 2.53. The molecular formula is C12H17N5O2. The molecule has 2 N–H and O–H groups in total. The van der Waals surface area contributed by atoms with Crippen LogP contribution >= 0.6 is 0 Å². The van der Waals surface area contributed by atoms with Gasteiger partial charge in [-0.05, 0) is 39.3 Å². The van der Waals surface area contributed by atoms with Crippen LogP contribution in [0.4, 0.5) is 0 Å². The van der Waals surface area contributed by atoms with E-state index in [2.05, 4.69) is 20.5 Å². The average molecular weight is 263 g/mol. The predicted octanol–water partition coefficient (Wildman–Crippen LogP) is 0.103. The van der Waals surface area contributed by atoms with Gasteiger partial charge in [-0.3, -0.25) is 0 Å². The Morgan fingerprint density at radius 3 is 3.11 bits per heavy atom. The van der Waals surface area contributed by atoms with E-state index in [0.717, 1.165) is 19.4 Å². The third-order valence-electron chi connectivity index (χ3n) is 3.52. The van der Waals surface area contributed by atoms with Gasteiger partial charge in [0.15, 0.2) is 5.65 Å². The molecule has 0 aromatic carbocycles. The van der Waals surface area contributed by atoms with Crippen LogP contribution in [0.5, 0.6) is 5.88 Å². The second-order valence-corrected chi connectivity index (χ2v) is 5.00. The number of nitrogens with zero attached hydrogens (tertiary/aromatic N) is 3. The molecule has 0 radical (unpaired) electrons. The van der Waals surface area contributed by atoms with Gasteiger partial charge < -0.3 is 10.1 Å². The average Bonchev–Trinajstić information content (AvgIpc) is 2.69. The summed E-state index contributed by atoms with van der Waals surface area (Å²) in [6.45, 7) is 2.79. The highest BCUT2D eigenvalue weighted by Gasteiger charge is 2.30. The lowest BCUT2D eigenvalue weighted by molar-refractivity contribution is 0.0615. The Hall–Kier alpha value is -1.89. The summed E-state index contributed by atoms with van der Waals surface area (Å²) in [5, 5.41) is 9.50. The lowest BCUT2D eigenvalue weighted by atomic mass is 9.82. The number of fused-ring (bicyclic) bond motifs is 1. The molecule has 1 saturated carbocycles. The van der Waals surface area contributed by atoms with Crippen LogP contribution in [-0.2, 0) is 0 Å². The zero-order chi connectivity index (χ0) is 13.4. The number of aryl methyl sites for hydroxylation is 1. The lowest BCUT2D eigenvalue weighted by Crippen LogP contribution is -2.38. The molecule has 2 aromatic heterocycles. The monoisotopic (exact) mass is 263 g/mol. The Labute approximate surface area is 110 Å². The minimum Gasteiger partial charge on any atom is -0.474 e. The molecule has 7 nitrogen and oxygen atoms in total. The first kappa shape index (κ1) is 12.2. The molecule has 19 heavy (non-hydrogen) atoms. The van der Waals surface area contributed by atoms with Crippen molar-refractivity contribution in [3.63, 3.8) is 0 Å². The van der Waals surface area contributed by atoms with E-state index in [0.29, 0.717) is 23.3 Å². The van der Waals surface area contributed by atoms with Crippen LogP contribution in [-0.4, -0.2) is 39.3 Å². The van der Waals surface area contributed by atoms with Crippen molar-refractivity contribution in [2.45, 2.75) is 25.9 Å². The van der Waals surface area contributed by atoms with Crippen molar-refractivity contribution in [2.24, 2.45) is 5.92 Å². The van der Waals surface area contributed by atoms with E-state index in [1.165, 1.54) is 4.40 Å². The maximum Gasteiger partial charge on any atom is 0.349 e. The third kappa shape index (κ3) is 2.21. The fraction of sp³-hybridized carbons (Fsp3) is 0.583. The van der Waals surface area contributed by atoms with E-state index >= 15 is 0 Å². The van der Waals surface area contributed by atoms with E-state index in [4.69, 9.17) is 4.74 Å². The number of hydrogen-bond donors (Lipinski definition) is 2. The molecule has 0 spiro atoms. The van der Waals surface area contributed by atoms with Gasteiger partial charge in [-0.25, -0.2) is 14.3 Å². The van der Waals surface area contributed by atoms with Gasteiger partial charge in [0.05, 0.1) is 0 Å². The van der Waals surface area contributed by atoms with Gasteiger partial charge in [-0.2, -0.15) is 10.1 Å². The van der Waals surface area contributed by atoms with Gasteiger partial charge in [-0.15, -0.1) is 0 Å². The zero-order valence-corrected chi connectivity index (χ0v) is 11.0. The lowest BCUT2D eigenvalue weighted by Gasteiger charge is -2.34. The van der Waals surface area contributed by atoms with Crippen LogP contribution in [0, 0.1) is 12.8 Å². The maximum atomic E-state index is 11.5. The first-order chi connectivity index (χ1) is 9.17. The van der Waals surface area contributed by atoms with Gasteiger partial charge in [0, 0.05) is 6.07 Å². The smallest absolute Gasteiger partial charge is 0.349 e. The van der Waals surface area contributed by atoms with Gasteiger partial charge in [0.1, 0.15) is 11.9 Å². The maximum absolute atomic E-state index is 11.5. The standard InChI is InChI=1S/C12H17N5O2/c1-7-14-11(5-10-15-16-12(18)17(7)10)19-9-3-8(4-9)6-13-2/h5,8-9,13H,3-4,6H2,1-2H3,(H,16,18). The summed E-state index contributed by atoms with van der Waals surface area (Å²) in [6, 6.07) is 1.69. The highest BCUT2D eigenvalue weighted by molar-refractivity contribution is 5.40. The number of nitrogens with one attached hydrogen (secondary N) is 2. The molecule has 3 rings (SSSR count). The molecule has 0 amide bonds. The summed E-state index contributed by atoms with van der Waals surface area (Å²) in [7, 11) is 1.96. The number of ether oxygens (including phenoxy) is 1. The van der Waals surface area contributed by atoms with E-state index in [9.17, 15) is 4.79 Å². The highest BCUT2D eigenvalue weighted by atomic mass is 16.5. The van der Waals surface area contributed by atoms with Crippen molar-refractivity contribution in [3.8, 4) is 5.88 Å². The third-order valence-corrected chi connectivity index (χ3v) is 3.52. The Morgan fingerprint density at radius 2 is 2.37 bits per heavy atom. The molecule has 0 saturated heterocycles. The summed E-state index contributed by atoms with van der Waals surface area (Å²) in [5.41, 5.74) is 0.267. The van der Waals surface area contributed by atoms with Crippen molar-refractivity contribution in [3.05, 3.63) is 22.4 Å². The number of hydrogen-bond acceptors (Lipinski definition) is 5. The number of aromatic amines is 1. The molecular weight excluding hydrogens is 246 g/mol. The Morgan fingerprint density at radius 1 is 1.58 bits per heavy atom. The van der Waals surface area contributed by atoms with Gasteiger partial charge in [0.2, 0.25) is 5.88 Å². The van der Waals surface area contributed by atoms with E-state index in [1.54, 1.807) is 13.0 Å². The molecule has 0 aliphatic heterocycles. The van der Waals surface area contributed by atoms with Crippen molar-refractivity contribution in [1.82, 2.24) is 24.9 Å². The molecule has 7 heteroatoms. The van der Waals surface area contributed by atoms with E-state index < -0.39 is 0 Å². The molecule has 2 heterocycles. The SMILES string of the molecule is CNCC1CC(Oc2cc3n[nH]c(=O)n3c(C)n2)C1. The molecule has 102 valence electrons.